The number of carbonyl (C=O) groups excluding carboxylic acids is 1. The zero-order valence-electron chi connectivity index (χ0n) is 7.84. The normalized spacial score (nSPS) is 11.9. The monoisotopic (exact) mass is 273 g/mol. The van der Waals surface area contributed by atoms with E-state index in [9.17, 15) is 14.9 Å². The number of hydrogen-bond donors (Lipinski definition) is 0. The number of nitro benzene ring substituents is 1. The highest BCUT2D eigenvalue weighted by Gasteiger charge is 2.25. The molecule has 1 aromatic rings. The van der Waals surface area contributed by atoms with Crippen molar-refractivity contribution in [1.29, 1.82) is 0 Å². The Bertz CT molecular complexity index is 393. The molecule has 5 nitrogen and oxygen atoms in total. The Balaban J connectivity index is 3.13. The molecule has 1 rings (SSSR count). The van der Waals surface area contributed by atoms with Crippen molar-refractivity contribution in [3.63, 3.8) is 0 Å². The van der Waals surface area contributed by atoms with Crippen LogP contribution in [0.1, 0.15) is 10.4 Å². The van der Waals surface area contributed by atoms with Crippen LogP contribution < -0.4 is 0 Å². The van der Waals surface area contributed by atoms with Gasteiger partial charge in [0.2, 0.25) is 0 Å². The molecule has 15 heavy (non-hydrogen) atoms. The molecule has 0 N–H and O–H groups in total. The molecule has 80 valence electrons. The summed E-state index contributed by atoms with van der Waals surface area (Å²) in [6.07, 6.45) is 0. The third-order valence-corrected chi connectivity index (χ3v) is 2.68. The number of rotatable bonds is 3. The number of hydrogen-bond acceptors (Lipinski definition) is 4. The molecule has 0 bridgehead atoms. The van der Waals surface area contributed by atoms with E-state index >= 15 is 0 Å². The molecule has 0 saturated heterocycles. The Morgan fingerprint density at radius 2 is 2.13 bits per heavy atom. The predicted molar refractivity (Wildman–Crippen MR) is 56.8 cm³/mol. The number of esters is 1. The quantitative estimate of drug-likeness (QED) is 0.366. The van der Waals surface area contributed by atoms with Crippen molar-refractivity contribution in [2.45, 2.75) is 4.83 Å². The van der Waals surface area contributed by atoms with E-state index in [0.717, 1.165) is 0 Å². The first-order chi connectivity index (χ1) is 7.07. The second-order valence-corrected chi connectivity index (χ2v) is 3.62. The summed E-state index contributed by atoms with van der Waals surface area (Å²) in [7, 11) is 1.23. The third-order valence-electron chi connectivity index (χ3n) is 1.81. The Morgan fingerprint density at radius 1 is 1.53 bits per heavy atom. The van der Waals surface area contributed by atoms with Gasteiger partial charge in [-0.1, -0.05) is 34.1 Å². The SMILES string of the molecule is COC(=O)C(Br)c1ccccc1[N+](=O)[O-]. The zero-order valence-corrected chi connectivity index (χ0v) is 9.43. The summed E-state index contributed by atoms with van der Waals surface area (Å²) in [5.41, 5.74) is 0.180. The molecule has 0 aliphatic heterocycles. The van der Waals surface area contributed by atoms with E-state index in [1.54, 1.807) is 12.1 Å². The van der Waals surface area contributed by atoms with Gasteiger partial charge in [0.1, 0.15) is 4.83 Å². The Morgan fingerprint density at radius 3 is 2.67 bits per heavy atom. The van der Waals surface area contributed by atoms with Gasteiger partial charge in [-0.15, -0.1) is 0 Å². The molecular weight excluding hydrogens is 266 g/mol. The number of methoxy groups -OCH3 is 1. The van der Waals surface area contributed by atoms with Gasteiger partial charge in [-0.3, -0.25) is 14.9 Å². The maximum Gasteiger partial charge on any atom is 0.324 e. The number of alkyl halides is 1. The molecule has 0 aromatic heterocycles. The molecule has 1 unspecified atom stereocenters. The van der Waals surface area contributed by atoms with Gasteiger partial charge in [0.25, 0.3) is 5.69 Å². The minimum absolute atomic E-state index is 0.107. The van der Waals surface area contributed by atoms with Crippen molar-refractivity contribution < 1.29 is 14.5 Å². The molecular formula is C9H8BrNO4. The van der Waals surface area contributed by atoms with Crippen molar-refractivity contribution in [1.82, 2.24) is 0 Å². The van der Waals surface area contributed by atoms with E-state index < -0.39 is 15.7 Å². The maximum atomic E-state index is 11.2. The van der Waals surface area contributed by atoms with Crippen molar-refractivity contribution in [3.8, 4) is 0 Å². The van der Waals surface area contributed by atoms with E-state index in [0.29, 0.717) is 0 Å². The van der Waals surface area contributed by atoms with Crippen molar-refractivity contribution >= 4 is 27.6 Å². The Labute approximate surface area is 94.3 Å². The fourth-order valence-corrected chi connectivity index (χ4v) is 1.67. The van der Waals surface area contributed by atoms with Crippen LogP contribution in [0.2, 0.25) is 0 Å². The topological polar surface area (TPSA) is 69.4 Å². The van der Waals surface area contributed by atoms with Crippen LogP contribution in [0.5, 0.6) is 0 Å². The summed E-state index contributed by atoms with van der Waals surface area (Å²) in [6, 6.07) is 6.01. The summed E-state index contributed by atoms with van der Waals surface area (Å²) in [5, 5.41) is 10.7. The minimum Gasteiger partial charge on any atom is -0.468 e. The number of para-hydroxylation sites is 1. The first-order valence-corrected chi connectivity index (χ1v) is 4.94. The van der Waals surface area contributed by atoms with Crippen molar-refractivity contribution in [2.75, 3.05) is 7.11 Å². The second-order valence-electron chi connectivity index (χ2n) is 2.70. The summed E-state index contributed by atoms with van der Waals surface area (Å²) in [6.45, 7) is 0. The van der Waals surface area contributed by atoms with Gasteiger partial charge < -0.3 is 4.74 Å². The highest BCUT2D eigenvalue weighted by atomic mass is 79.9. The summed E-state index contributed by atoms with van der Waals surface area (Å²) in [5.74, 6) is -0.565. The van der Waals surface area contributed by atoms with Gasteiger partial charge in [-0.2, -0.15) is 0 Å². The molecule has 0 saturated carbocycles. The number of benzene rings is 1. The van der Waals surface area contributed by atoms with Crippen LogP contribution in [0, 0.1) is 10.1 Å². The van der Waals surface area contributed by atoms with Gasteiger partial charge >= 0.3 is 5.97 Å². The standard InChI is InChI=1S/C9H8BrNO4/c1-15-9(12)8(10)6-4-2-3-5-7(6)11(13)14/h2-5,8H,1H3. The van der Waals surface area contributed by atoms with Crippen molar-refractivity contribution in [2.24, 2.45) is 0 Å². The van der Waals surface area contributed by atoms with E-state index in [1.165, 1.54) is 19.2 Å². The lowest BCUT2D eigenvalue weighted by Gasteiger charge is -2.07. The molecule has 1 aromatic carbocycles. The van der Waals surface area contributed by atoms with Gasteiger partial charge in [0.05, 0.1) is 17.6 Å². The molecule has 0 radical (unpaired) electrons. The number of ether oxygens (including phenoxy) is 1. The van der Waals surface area contributed by atoms with Gasteiger partial charge in [0, 0.05) is 6.07 Å². The maximum absolute atomic E-state index is 11.2. The Hall–Kier alpha value is -1.43. The summed E-state index contributed by atoms with van der Waals surface area (Å²) >= 11 is 3.05. The lowest BCUT2D eigenvalue weighted by atomic mass is 10.1. The second kappa shape index (κ2) is 4.88. The number of halogens is 1. The van der Waals surface area contributed by atoms with E-state index in [2.05, 4.69) is 20.7 Å². The smallest absolute Gasteiger partial charge is 0.324 e. The number of nitrogens with zero attached hydrogens (tertiary/aromatic N) is 1. The third kappa shape index (κ3) is 2.53. The van der Waals surface area contributed by atoms with Crippen LogP contribution in [0.4, 0.5) is 5.69 Å². The highest BCUT2D eigenvalue weighted by Crippen LogP contribution is 2.31. The molecule has 0 fully saturated rings. The summed E-state index contributed by atoms with van der Waals surface area (Å²) < 4.78 is 4.49. The molecule has 0 aliphatic rings. The average molecular weight is 274 g/mol. The number of carbonyl (C=O) groups is 1. The Kier molecular flexibility index (Phi) is 3.79. The van der Waals surface area contributed by atoms with Crippen LogP contribution in [0.25, 0.3) is 0 Å². The molecule has 6 heteroatoms. The highest BCUT2D eigenvalue weighted by molar-refractivity contribution is 9.09. The van der Waals surface area contributed by atoms with Crippen LogP contribution in [-0.2, 0) is 9.53 Å². The van der Waals surface area contributed by atoms with Crippen LogP contribution in [-0.4, -0.2) is 18.0 Å². The fourth-order valence-electron chi connectivity index (χ4n) is 1.10. The largest absolute Gasteiger partial charge is 0.468 e. The molecule has 0 heterocycles. The first-order valence-electron chi connectivity index (χ1n) is 4.03. The predicted octanol–water partition coefficient (Wildman–Crippen LogP) is 2.20. The number of nitro groups is 1. The molecule has 0 spiro atoms. The molecule has 0 aliphatic carbocycles. The minimum atomic E-state index is -0.816. The van der Waals surface area contributed by atoms with E-state index in [-0.39, 0.29) is 11.3 Å². The van der Waals surface area contributed by atoms with Crippen LogP contribution in [0.3, 0.4) is 0 Å². The lowest BCUT2D eigenvalue weighted by molar-refractivity contribution is -0.385. The first kappa shape index (κ1) is 11.6. The van der Waals surface area contributed by atoms with Crippen LogP contribution >= 0.6 is 15.9 Å². The van der Waals surface area contributed by atoms with E-state index in [1.807, 2.05) is 0 Å². The summed E-state index contributed by atoms with van der Waals surface area (Å²) in [4.78, 5) is 20.5. The van der Waals surface area contributed by atoms with Gasteiger partial charge in [0.15, 0.2) is 0 Å². The van der Waals surface area contributed by atoms with Crippen molar-refractivity contribution in [3.05, 3.63) is 39.9 Å². The van der Waals surface area contributed by atoms with Gasteiger partial charge in [-0.05, 0) is 0 Å². The zero-order chi connectivity index (χ0) is 11.4. The van der Waals surface area contributed by atoms with Gasteiger partial charge in [-0.25, -0.2) is 0 Å². The van der Waals surface area contributed by atoms with Crippen LogP contribution in [0.15, 0.2) is 24.3 Å². The molecule has 0 amide bonds. The molecule has 1 atom stereocenters. The average Bonchev–Trinajstić information content (AvgIpc) is 2.27. The lowest BCUT2D eigenvalue weighted by Crippen LogP contribution is -2.09. The van der Waals surface area contributed by atoms with E-state index in [4.69, 9.17) is 0 Å². The fraction of sp³-hybridized carbons (Fsp3) is 0.222.